The van der Waals surface area contributed by atoms with Gasteiger partial charge < -0.3 is 10.5 Å². The highest BCUT2D eigenvalue weighted by Gasteiger charge is 2.13. The second kappa shape index (κ2) is 8.74. The fraction of sp³-hybridized carbons (Fsp3) is 0.0714. The lowest BCUT2D eigenvalue weighted by Crippen LogP contribution is -2.35. The molecule has 0 fully saturated rings. The van der Waals surface area contributed by atoms with Crippen molar-refractivity contribution in [2.45, 2.75) is 0 Å². The van der Waals surface area contributed by atoms with E-state index in [1.807, 2.05) is 5.32 Å². The van der Waals surface area contributed by atoms with Crippen LogP contribution in [0, 0.1) is 18.5 Å². The molecule has 0 aromatic heterocycles. The van der Waals surface area contributed by atoms with Gasteiger partial charge in [0.1, 0.15) is 24.0 Å². The van der Waals surface area contributed by atoms with Crippen LogP contribution in [-0.2, 0) is 4.79 Å². The van der Waals surface area contributed by atoms with Crippen molar-refractivity contribution in [3.8, 4) is 11.8 Å². The van der Waals surface area contributed by atoms with Crippen LogP contribution in [0.15, 0.2) is 30.4 Å². The molecule has 114 valence electrons. The molecule has 0 spiro atoms. The number of imide groups is 1. The first kappa shape index (κ1) is 18.4. The van der Waals surface area contributed by atoms with Crippen molar-refractivity contribution in [2.75, 3.05) is 6.61 Å². The largest absolute Gasteiger partial charge is 0.487 e. The highest BCUT2D eigenvalue weighted by molar-refractivity contribution is 14.1. The number of benzene rings is 1. The number of primary amides is 1. The molecular weight excluding hydrogens is 512 g/mol. The van der Waals surface area contributed by atoms with E-state index in [0.717, 1.165) is 7.14 Å². The standard InChI is InChI=1S/C14H11I2N3O3/c1-2-3-22-12-10(15)5-8(6-11(12)16)4-9(7-17)13(20)19-14(18)21/h2,4-6H,1,3H2,(H3,18,19,20,21)/b9-4-. The Hall–Kier alpha value is -1.61. The lowest BCUT2D eigenvalue weighted by atomic mass is 10.1. The van der Waals surface area contributed by atoms with Gasteiger partial charge in [-0.15, -0.1) is 0 Å². The number of carbonyl (C=O) groups is 2. The molecule has 0 heterocycles. The summed E-state index contributed by atoms with van der Waals surface area (Å²) >= 11 is 4.19. The van der Waals surface area contributed by atoms with Crippen LogP contribution in [0.25, 0.3) is 6.08 Å². The molecule has 3 amide bonds. The average molecular weight is 523 g/mol. The van der Waals surface area contributed by atoms with Crippen molar-refractivity contribution in [2.24, 2.45) is 5.73 Å². The molecule has 0 aliphatic heterocycles. The smallest absolute Gasteiger partial charge is 0.319 e. The Labute approximate surface area is 154 Å². The number of nitrogens with two attached hydrogens (primary N) is 1. The van der Waals surface area contributed by atoms with E-state index in [1.165, 1.54) is 6.08 Å². The minimum absolute atomic E-state index is 0.217. The molecule has 1 rings (SSSR count). The van der Waals surface area contributed by atoms with Gasteiger partial charge in [-0.1, -0.05) is 12.7 Å². The van der Waals surface area contributed by atoms with E-state index in [2.05, 4.69) is 51.8 Å². The summed E-state index contributed by atoms with van der Waals surface area (Å²) in [7, 11) is 0. The van der Waals surface area contributed by atoms with Crippen molar-refractivity contribution < 1.29 is 14.3 Å². The number of hydrogen-bond acceptors (Lipinski definition) is 4. The third kappa shape index (κ3) is 5.30. The van der Waals surface area contributed by atoms with Crippen LogP contribution in [0.3, 0.4) is 0 Å². The molecule has 0 radical (unpaired) electrons. The summed E-state index contributed by atoms with van der Waals surface area (Å²) in [6.45, 7) is 3.97. The van der Waals surface area contributed by atoms with E-state index < -0.39 is 11.9 Å². The van der Waals surface area contributed by atoms with Gasteiger partial charge in [-0.3, -0.25) is 10.1 Å². The van der Waals surface area contributed by atoms with Gasteiger partial charge in [-0.05, 0) is 69.0 Å². The number of ether oxygens (including phenoxy) is 1. The van der Waals surface area contributed by atoms with Gasteiger partial charge in [0.05, 0.1) is 7.14 Å². The molecule has 0 saturated heterocycles. The molecule has 0 bridgehead atoms. The zero-order valence-corrected chi connectivity index (χ0v) is 15.5. The summed E-state index contributed by atoms with van der Waals surface area (Å²) in [5.74, 6) is -0.134. The summed E-state index contributed by atoms with van der Waals surface area (Å²) in [4.78, 5) is 22.3. The van der Waals surface area contributed by atoms with E-state index in [4.69, 9.17) is 15.7 Å². The fourth-order valence-electron chi connectivity index (χ4n) is 1.44. The zero-order valence-electron chi connectivity index (χ0n) is 11.2. The Morgan fingerprint density at radius 3 is 2.45 bits per heavy atom. The van der Waals surface area contributed by atoms with Gasteiger partial charge in [-0.25, -0.2) is 4.79 Å². The normalized spacial score (nSPS) is 10.5. The number of nitrogens with zero attached hydrogens (tertiary/aromatic N) is 1. The molecule has 6 nitrogen and oxygen atoms in total. The van der Waals surface area contributed by atoms with Crippen LogP contribution in [0.1, 0.15) is 5.56 Å². The maximum Gasteiger partial charge on any atom is 0.319 e. The summed E-state index contributed by atoms with van der Waals surface area (Å²) in [6, 6.07) is 4.24. The number of rotatable bonds is 5. The molecule has 0 aliphatic rings. The summed E-state index contributed by atoms with van der Waals surface area (Å²) in [5, 5.41) is 10.9. The van der Waals surface area contributed by atoms with Crippen LogP contribution in [0.2, 0.25) is 0 Å². The lowest BCUT2D eigenvalue weighted by Gasteiger charge is -2.10. The SMILES string of the molecule is C=CCOc1c(I)cc(/C=C(/C#N)C(=O)NC(N)=O)cc1I. The maximum absolute atomic E-state index is 11.6. The summed E-state index contributed by atoms with van der Waals surface area (Å²) in [6.07, 6.45) is 3.02. The fourth-order valence-corrected chi connectivity index (χ4v) is 3.57. The van der Waals surface area contributed by atoms with E-state index in [-0.39, 0.29) is 5.57 Å². The Bertz CT molecular complexity index is 670. The first-order valence-electron chi connectivity index (χ1n) is 5.84. The molecule has 1 aromatic rings. The van der Waals surface area contributed by atoms with Gasteiger partial charge in [0, 0.05) is 0 Å². The van der Waals surface area contributed by atoms with Crippen LogP contribution in [0.4, 0.5) is 4.79 Å². The summed E-state index contributed by atoms with van der Waals surface area (Å²) in [5.41, 5.74) is 5.28. The second-order valence-corrected chi connectivity index (χ2v) is 6.23. The van der Waals surface area contributed by atoms with Gasteiger partial charge in [0.2, 0.25) is 0 Å². The average Bonchev–Trinajstić information content (AvgIpc) is 2.43. The minimum atomic E-state index is -1.01. The van der Waals surface area contributed by atoms with E-state index in [9.17, 15) is 9.59 Å². The van der Waals surface area contributed by atoms with Crippen LogP contribution < -0.4 is 15.8 Å². The first-order valence-corrected chi connectivity index (χ1v) is 8.00. The number of urea groups is 1. The first-order chi connectivity index (χ1) is 10.4. The molecule has 0 saturated carbocycles. The highest BCUT2D eigenvalue weighted by Crippen LogP contribution is 2.29. The highest BCUT2D eigenvalue weighted by atomic mass is 127. The number of carbonyl (C=O) groups excluding carboxylic acids is 2. The topological polar surface area (TPSA) is 105 Å². The molecule has 3 N–H and O–H groups in total. The number of nitriles is 1. The number of amides is 3. The van der Waals surface area contributed by atoms with Crippen molar-refractivity contribution in [3.63, 3.8) is 0 Å². The third-order valence-corrected chi connectivity index (χ3v) is 3.88. The Kier molecular flexibility index (Phi) is 7.33. The molecule has 0 aliphatic carbocycles. The van der Waals surface area contributed by atoms with Gasteiger partial charge >= 0.3 is 6.03 Å². The monoisotopic (exact) mass is 523 g/mol. The quantitative estimate of drug-likeness (QED) is 0.268. The van der Waals surface area contributed by atoms with Gasteiger partial charge in [0.15, 0.2) is 0 Å². The van der Waals surface area contributed by atoms with Crippen molar-refractivity contribution in [1.29, 1.82) is 5.26 Å². The predicted octanol–water partition coefficient (Wildman–Crippen LogP) is 2.56. The number of nitrogens with one attached hydrogen (secondary N) is 1. The van der Waals surface area contributed by atoms with Crippen molar-refractivity contribution in [3.05, 3.63) is 43.1 Å². The van der Waals surface area contributed by atoms with E-state index in [0.29, 0.717) is 17.9 Å². The number of hydrogen-bond donors (Lipinski definition) is 2. The number of halogens is 2. The third-order valence-electron chi connectivity index (χ3n) is 2.28. The van der Waals surface area contributed by atoms with E-state index >= 15 is 0 Å². The Balaban J connectivity index is 3.14. The zero-order chi connectivity index (χ0) is 16.7. The molecule has 22 heavy (non-hydrogen) atoms. The Morgan fingerprint density at radius 1 is 1.41 bits per heavy atom. The van der Waals surface area contributed by atoms with Gasteiger partial charge in [0.25, 0.3) is 5.91 Å². The van der Waals surface area contributed by atoms with Gasteiger partial charge in [-0.2, -0.15) is 5.26 Å². The molecule has 8 heteroatoms. The molecule has 0 unspecified atom stereocenters. The molecule has 0 atom stereocenters. The molecular formula is C14H11I2N3O3. The maximum atomic E-state index is 11.6. The molecule has 1 aromatic carbocycles. The summed E-state index contributed by atoms with van der Waals surface area (Å²) < 4.78 is 7.19. The second-order valence-electron chi connectivity index (χ2n) is 3.90. The van der Waals surface area contributed by atoms with Crippen molar-refractivity contribution >= 4 is 63.2 Å². The van der Waals surface area contributed by atoms with Crippen LogP contribution >= 0.6 is 45.2 Å². The lowest BCUT2D eigenvalue weighted by molar-refractivity contribution is -0.115. The van der Waals surface area contributed by atoms with Crippen LogP contribution in [0.5, 0.6) is 5.75 Å². The van der Waals surface area contributed by atoms with E-state index in [1.54, 1.807) is 24.3 Å². The Morgan fingerprint density at radius 2 is 2.00 bits per heavy atom. The van der Waals surface area contributed by atoms with Crippen molar-refractivity contribution in [1.82, 2.24) is 5.32 Å². The minimum Gasteiger partial charge on any atom is -0.487 e. The predicted molar refractivity (Wildman–Crippen MR) is 98.9 cm³/mol. The van der Waals surface area contributed by atoms with Crippen LogP contribution in [-0.4, -0.2) is 18.5 Å².